The Morgan fingerprint density at radius 3 is 2.38 bits per heavy atom. The number of amides is 2. The zero-order valence-electron chi connectivity index (χ0n) is 14.9. The lowest BCUT2D eigenvalue weighted by molar-refractivity contribution is -0.131. The van der Waals surface area contributed by atoms with Gasteiger partial charge in [0.2, 0.25) is 11.8 Å². The van der Waals surface area contributed by atoms with E-state index in [0.717, 1.165) is 11.3 Å². The molecule has 6 heteroatoms. The number of carbonyl (C=O) groups excluding carboxylic acids is 2. The number of benzene rings is 2. The fourth-order valence-electron chi connectivity index (χ4n) is 2.46. The highest BCUT2D eigenvalue weighted by molar-refractivity contribution is 6.30. The van der Waals surface area contributed by atoms with E-state index >= 15 is 0 Å². The first-order valence-corrected chi connectivity index (χ1v) is 8.78. The van der Waals surface area contributed by atoms with Crippen molar-refractivity contribution in [2.75, 3.05) is 20.2 Å². The predicted molar refractivity (Wildman–Crippen MR) is 102 cm³/mol. The molecular formula is C20H23ClN2O3. The highest BCUT2D eigenvalue weighted by Crippen LogP contribution is 2.20. The summed E-state index contributed by atoms with van der Waals surface area (Å²) in [6.07, 6.45) is 0.170. The van der Waals surface area contributed by atoms with Gasteiger partial charge in [0.25, 0.3) is 0 Å². The van der Waals surface area contributed by atoms with Crippen LogP contribution >= 0.6 is 11.6 Å². The molecule has 26 heavy (non-hydrogen) atoms. The van der Waals surface area contributed by atoms with E-state index in [0.29, 0.717) is 18.2 Å². The summed E-state index contributed by atoms with van der Waals surface area (Å²) in [7, 11) is 1.73. The van der Waals surface area contributed by atoms with Gasteiger partial charge in [0.05, 0.1) is 19.0 Å². The molecule has 0 spiro atoms. The minimum Gasteiger partial charge on any atom is -0.492 e. The van der Waals surface area contributed by atoms with Crippen LogP contribution < -0.4 is 10.1 Å². The third-order valence-electron chi connectivity index (χ3n) is 3.89. The van der Waals surface area contributed by atoms with Crippen molar-refractivity contribution >= 4 is 23.4 Å². The molecule has 2 rings (SSSR count). The van der Waals surface area contributed by atoms with Crippen molar-refractivity contribution in [1.29, 1.82) is 0 Å². The average molecular weight is 375 g/mol. The smallest absolute Gasteiger partial charge is 0.224 e. The lowest BCUT2D eigenvalue weighted by Gasteiger charge is -2.22. The van der Waals surface area contributed by atoms with Crippen LogP contribution in [0.5, 0.6) is 5.75 Å². The monoisotopic (exact) mass is 374 g/mol. The van der Waals surface area contributed by atoms with Crippen LogP contribution in [0.15, 0.2) is 54.6 Å². The van der Waals surface area contributed by atoms with Gasteiger partial charge in [-0.2, -0.15) is 0 Å². The zero-order chi connectivity index (χ0) is 18.9. The molecular weight excluding hydrogens is 352 g/mol. The van der Waals surface area contributed by atoms with Gasteiger partial charge in [0, 0.05) is 19.0 Å². The summed E-state index contributed by atoms with van der Waals surface area (Å²) in [6, 6.07) is 16.2. The number of hydrogen-bond donors (Lipinski definition) is 1. The van der Waals surface area contributed by atoms with Gasteiger partial charge in [-0.3, -0.25) is 9.59 Å². The second kappa shape index (κ2) is 9.82. The van der Waals surface area contributed by atoms with Crippen molar-refractivity contribution in [2.24, 2.45) is 0 Å². The zero-order valence-corrected chi connectivity index (χ0v) is 15.7. The number of rotatable bonds is 8. The van der Waals surface area contributed by atoms with Crippen molar-refractivity contribution in [3.8, 4) is 5.75 Å². The van der Waals surface area contributed by atoms with E-state index in [-0.39, 0.29) is 18.2 Å². The summed E-state index contributed by atoms with van der Waals surface area (Å²) < 4.78 is 5.62. The van der Waals surface area contributed by atoms with E-state index in [2.05, 4.69) is 5.32 Å². The standard InChI is InChI=1S/C20H23ClN2O3/c1-15(24)22-19(16-8-10-17(21)11-9-16)14-20(25)23(2)12-13-26-18-6-4-3-5-7-18/h3-11,19H,12-14H2,1-2H3,(H,22,24). The molecule has 2 amide bonds. The Kier molecular flexibility index (Phi) is 7.48. The molecule has 1 atom stereocenters. The summed E-state index contributed by atoms with van der Waals surface area (Å²) >= 11 is 5.91. The summed E-state index contributed by atoms with van der Waals surface area (Å²) in [5, 5.41) is 3.43. The van der Waals surface area contributed by atoms with Gasteiger partial charge in [0.1, 0.15) is 12.4 Å². The Balaban J connectivity index is 1.90. The van der Waals surface area contributed by atoms with Crippen LogP contribution in [0, 0.1) is 0 Å². The second-order valence-corrected chi connectivity index (χ2v) is 6.42. The number of nitrogens with one attached hydrogen (secondary N) is 1. The summed E-state index contributed by atoms with van der Waals surface area (Å²) in [6.45, 7) is 2.30. The molecule has 0 heterocycles. The van der Waals surface area contributed by atoms with Crippen molar-refractivity contribution in [1.82, 2.24) is 10.2 Å². The van der Waals surface area contributed by atoms with Gasteiger partial charge in [0.15, 0.2) is 0 Å². The molecule has 0 saturated heterocycles. The SMILES string of the molecule is CC(=O)NC(CC(=O)N(C)CCOc1ccccc1)c1ccc(Cl)cc1. The summed E-state index contributed by atoms with van der Waals surface area (Å²) in [4.78, 5) is 25.6. The molecule has 0 radical (unpaired) electrons. The maximum absolute atomic E-state index is 12.5. The van der Waals surface area contributed by atoms with Crippen LogP contribution in [0.25, 0.3) is 0 Å². The van der Waals surface area contributed by atoms with Crippen LogP contribution in [-0.2, 0) is 9.59 Å². The van der Waals surface area contributed by atoms with Crippen molar-refractivity contribution in [2.45, 2.75) is 19.4 Å². The maximum Gasteiger partial charge on any atom is 0.224 e. The van der Waals surface area contributed by atoms with Crippen molar-refractivity contribution < 1.29 is 14.3 Å². The fraction of sp³-hybridized carbons (Fsp3) is 0.300. The van der Waals surface area contributed by atoms with E-state index in [9.17, 15) is 9.59 Å². The molecule has 0 aromatic heterocycles. The number of ether oxygens (including phenoxy) is 1. The van der Waals surface area contributed by atoms with E-state index in [1.807, 2.05) is 42.5 Å². The third-order valence-corrected chi connectivity index (χ3v) is 4.14. The molecule has 0 bridgehead atoms. The number of halogens is 1. The number of hydrogen-bond acceptors (Lipinski definition) is 3. The highest BCUT2D eigenvalue weighted by Gasteiger charge is 2.19. The first-order chi connectivity index (χ1) is 12.5. The van der Waals surface area contributed by atoms with Crippen LogP contribution in [0.2, 0.25) is 5.02 Å². The van der Waals surface area contributed by atoms with Gasteiger partial charge in [-0.05, 0) is 29.8 Å². The normalized spacial score (nSPS) is 11.5. The van der Waals surface area contributed by atoms with E-state index in [1.165, 1.54) is 6.92 Å². The number of nitrogens with zero attached hydrogens (tertiary/aromatic N) is 1. The Bertz CT molecular complexity index is 720. The van der Waals surface area contributed by atoms with E-state index in [4.69, 9.17) is 16.3 Å². The molecule has 0 aliphatic carbocycles. The van der Waals surface area contributed by atoms with Crippen LogP contribution in [-0.4, -0.2) is 36.9 Å². The van der Waals surface area contributed by atoms with Gasteiger partial charge >= 0.3 is 0 Å². The molecule has 0 fully saturated rings. The van der Waals surface area contributed by atoms with E-state index in [1.54, 1.807) is 24.1 Å². The molecule has 1 unspecified atom stereocenters. The third kappa shape index (κ3) is 6.41. The van der Waals surface area contributed by atoms with Crippen LogP contribution in [0.3, 0.4) is 0 Å². The second-order valence-electron chi connectivity index (χ2n) is 5.99. The summed E-state index contributed by atoms with van der Waals surface area (Å²) in [5.74, 6) is 0.508. The van der Waals surface area contributed by atoms with Gasteiger partial charge < -0.3 is 15.0 Å². The maximum atomic E-state index is 12.5. The molecule has 2 aromatic carbocycles. The Hall–Kier alpha value is -2.53. The minimum atomic E-state index is -0.394. The molecule has 0 saturated carbocycles. The molecule has 2 aromatic rings. The van der Waals surface area contributed by atoms with Crippen LogP contribution in [0.4, 0.5) is 0 Å². The molecule has 5 nitrogen and oxygen atoms in total. The Morgan fingerprint density at radius 2 is 1.77 bits per heavy atom. The van der Waals surface area contributed by atoms with Crippen molar-refractivity contribution in [3.63, 3.8) is 0 Å². The lowest BCUT2D eigenvalue weighted by atomic mass is 10.0. The first-order valence-electron chi connectivity index (χ1n) is 8.40. The number of carbonyl (C=O) groups is 2. The highest BCUT2D eigenvalue weighted by atomic mass is 35.5. The number of likely N-dealkylation sites (N-methyl/N-ethyl adjacent to an activating group) is 1. The molecule has 0 aliphatic heterocycles. The predicted octanol–water partition coefficient (Wildman–Crippen LogP) is 3.44. The average Bonchev–Trinajstić information content (AvgIpc) is 2.62. The van der Waals surface area contributed by atoms with E-state index < -0.39 is 6.04 Å². The van der Waals surface area contributed by atoms with Gasteiger partial charge in [-0.25, -0.2) is 0 Å². The van der Waals surface area contributed by atoms with Crippen molar-refractivity contribution in [3.05, 3.63) is 65.2 Å². The molecule has 0 aliphatic rings. The first kappa shape index (κ1) is 19.8. The lowest BCUT2D eigenvalue weighted by Crippen LogP contribution is -2.35. The molecule has 138 valence electrons. The quantitative estimate of drug-likeness (QED) is 0.770. The molecule has 1 N–H and O–H groups in total. The topological polar surface area (TPSA) is 58.6 Å². The van der Waals surface area contributed by atoms with Crippen LogP contribution in [0.1, 0.15) is 24.9 Å². The number of para-hydroxylation sites is 1. The largest absolute Gasteiger partial charge is 0.492 e. The van der Waals surface area contributed by atoms with Gasteiger partial charge in [-0.15, -0.1) is 0 Å². The Morgan fingerprint density at radius 1 is 1.12 bits per heavy atom. The summed E-state index contributed by atoms with van der Waals surface area (Å²) in [5.41, 5.74) is 0.840. The minimum absolute atomic E-state index is 0.0737. The fourth-order valence-corrected chi connectivity index (χ4v) is 2.59. The van der Waals surface area contributed by atoms with Gasteiger partial charge in [-0.1, -0.05) is 41.9 Å². The Labute approximate surface area is 158 Å².